The second-order valence-electron chi connectivity index (χ2n) is 4.52. The molecule has 0 N–H and O–H groups in total. The van der Waals surface area contributed by atoms with Crippen molar-refractivity contribution in [3.8, 4) is 0 Å². The number of halogens is 5. The molecule has 2 rings (SSSR count). The summed E-state index contributed by atoms with van der Waals surface area (Å²) in [7, 11) is -4.09. The second kappa shape index (κ2) is 5.68. The molecule has 0 aromatic heterocycles. The van der Waals surface area contributed by atoms with Gasteiger partial charge in [0.1, 0.15) is 11.6 Å². The Morgan fingerprint density at radius 1 is 0.909 bits per heavy atom. The van der Waals surface area contributed by atoms with Gasteiger partial charge in [-0.2, -0.15) is 13.2 Å². The average molecular weight is 336 g/mol. The van der Waals surface area contributed by atoms with Gasteiger partial charge in [0.15, 0.2) is 9.84 Å². The van der Waals surface area contributed by atoms with E-state index in [2.05, 4.69) is 0 Å². The Labute approximate surface area is 123 Å². The quantitative estimate of drug-likeness (QED) is 0.795. The van der Waals surface area contributed by atoms with Crippen LogP contribution in [0.1, 0.15) is 11.1 Å². The third-order valence-corrected chi connectivity index (χ3v) is 4.58. The smallest absolute Gasteiger partial charge is 0.223 e. The van der Waals surface area contributed by atoms with Crippen molar-refractivity contribution >= 4 is 9.84 Å². The number of hydrogen-bond donors (Lipinski definition) is 0. The first-order valence-corrected chi connectivity index (χ1v) is 7.59. The monoisotopic (exact) mass is 336 g/mol. The fourth-order valence-corrected chi connectivity index (χ4v) is 3.14. The highest BCUT2D eigenvalue weighted by atomic mass is 32.2. The van der Waals surface area contributed by atoms with E-state index in [-0.39, 0.29) is 5.56 Å². The van der Waals surface area contributed by atoms with Crippen LogP contribution in [0.4, 0.5) is 22.0 Å². The molecule has 118 valence electrons. The first-order chi connectivity index (χ1) is 10.1. The van der Waals surface area contributed by atoms with Crippen LogP contribution in [0.25, 0.3) is 0 Å². The highest BCUT2D eigenvalue weighted by Crippen LogP contribution is 2.30. The van der Waals surface area contributed by atoms with Gasteiger partial charge < -0.3 is 0 Å². The third kappa shape index (κ3) is 3.62. The summed E-state index contributed by atoms with van der Waals surface area (Å²) < 4.78 is 87.8. The number of hydrogen-bond acceptors (Lipinski definition) is 2. The van der Waals surface area contributed by atoms with Gasteiger partial charge in [-0.05, 0) is 42.5 Å². The van der Waals surface area contributed by atoms with Gasteiger partial charge in [0.2, 0.25) is 0 Å². The predicted molar refractivity (Wildman–Crippen MR) is 68.7 cm³/mol. The van der Waals surface area contributed by atoms with Crippen LogP contribution in [0.15, 0.2) is 47.4 Å². The standard InChI is InChI=1S/C14H9F5O2S/c15-11-3-6-13(16)9(7-11)8-22(20,21)12-4-1-10(2-5-12)14(17,18)19/h1-7H,8H2. The van der Waals surface area contributed by atoms with Crippen molar-refractivity contribution in [1.82, 2.24) is 0 Å². The Bertz CT molecular complexity index is 780. The van der Waals surface area contributed by atoms with E-state index in [9.17, 15) is 30.4 Å². The molecular formula is C14H9F5O2S. The SMILES string of the molecule is O=S(=O)(Cc1cc(F)ccc1F)c1ccc(C(F)(F)F)cc1. The molecule has 0 atom stereocenters. The lowest BCUT2D eigenvalue weighted by molar-refractivity contribution is -0.137. The lowest BCUT2D eigenvalue weighted by Gasteiger charge is -2.09. The van der Waals surface area contributed by atoms with Crippen molar-refractivity contribution in [3.63, 3.8) is 0 Å². The van der Waals surface area contributed by atoms with Crippen LogP contribution < -0.4 is 0 Å². The summed E-state index contributed by atoms with van der Waals surface area (Å²) in [5, 5.41) is 0. The van der Waals surface area contributed by atoms with E-state index in [1.165, 1.54) is 0 Å². The molecule has 0 bridgehead atoms. The van der Waals surface area contributed by atoms with E-state index in [0.717, 1.165) is 30.3 Å². The molecule has 0 aliphatic carbocycles. The maximum Gasteiger partial charge on any atom is 0.416 e. The zero-order valence-electron chi connectivity index (χ0n) is 10.9. The van der Waals surface area contributed by atoms with E-state index >= 15 is 0 Å². The molecule has 2 aromatic carbocycles. The molecule has 0 unspecified atom stereocenters. The molecular weight excluding hydrogens is 327 g/mol. The number of rotatable bonds is 3. The number of sulfone groups is 1. The third-order valence-electron chi connectivity index (χ3n) is 2.89. The summed E-state index contributed by atoms with van der Waals surface area (Å²) in [5.74, 6) is -2.56. The minimum absolute atomic E-state index is 0.389. The predicted octanol–water partition coefficient (Wildman–Crippen LogP) is 3.96. The molecule has 2 aromatic rings. The summed E-state index contributed by atoms with van der Waals surface area (Å²) in [6, 6.07) is 5.17. The zero-order valence-corrected chi connectivity index (χ0v) is 11.7. The molecule has 2 nitrogen and oxygen atoms in total. The van der Waals surface area contributed by atoms with Crippen molar-refractivity contribution in [2.75, 3.05) is 0 Å². The van der Waals surface area contributed by atoms with E-state index in [4.69, 9.17) is 0 Å². The Hall–Kier alpha value is -1.96. The Balaban J connectivity index is 2.33. The summed E-state index contributed by atoms with van der Waals surface area (Å²) in [6.07, 6.45) is -4.59. The van der Waals surface area contributed by atoms with Crippen LogP contribution >= 0.6 is 0 Å². The van der Waals surface area contributed by atoms with Crippen LogP contribution in [0, 0.1) is 11.6 Å². The normalized spacial score (nSPS) is 12.4. The summed E-state index contributed by atoms with van der Waals surface area (Å²) in [5.41, 5.74) is -1.39. The lowest BCUT2D eigenvalue weighted by atomic mass is 10.2. The minimum atomic E-state index is -4.59. The highest BCUT2D eigenvalue weighted by molar-refractivity contribution is 7.90. The molecule has 0 aliphatic heterocycles. The summed E-state index contributed by atoms with van der Waals surface area (Å²) in [4.78, 5) is -0.399. The highest BCUT2D eigenvalue weighted by Gasteiger charge is 2.30. The van der Waals surface area contributed by atoms with Gasteiger partial charge in [-0.3, -0.25) is 0 Å². The van der Waals surface area contributed by atoms with Gasteiger partial charge >= 0.3 is 6.18 Å². The van der Waals surface area contributed by atoms with E-state index in [1.54, 1.807) is 0 Å². The fraction of sp³-hybridized carbons (Fsp3) is 0.143. The molecule has 0 aliphatic rings. The van der Waals surface area contributed by atoms with Crippen molar-refractivity contribution in [2.24, 2.45) is 0 Å². The molecule has 0 saturated heterocycles. The Kier molecular flexibility index (Phi) is 4.23. The molecule has 0 saturated carbocycles. The largest absolute Gasteiger partial charge is 0.416 e. The zero-order chi connectivity index (χ0) is 16.5. The Morgan fingerprint density at radius 3 is 2.05 bits per heavy atom. The maximum atomic E-state index is 13.5. The lowest BCUT2D eigenvalue weighted by Crippen LogP contribution is -2.09. The number of benzene rings is 2. The van der Waals surface area contributed by atoms with Gasteiger partial charge in [0.25, 0.3) is 0 Å². The topological polar surface area (TPSA) is 34.1 Å². The van der Waals surface area contributed by atoms with Gasteiger partial charge in [-0.25, -0.2) is 17.2 Å². The average Bonchev–Trinajstić information content (AvgIpc) is 2.42. The van der Waals surface area contributed by atoms with Crippen LogP contribution in [0.3, 0.4) is 0 Å². The summed E-state index contributed by atoms with van der Waals surface area (Å²) >= 11 is 0. The van der Waals surface area contributed by atoms with Gasteiger partial charge in [0, 0.05) is 5.56 Å². The van der Waals surface area contributed by atoms with Gasteiger partial charge in [-0.15, -0.1) is 0 Å². The first kappa shape index (κ1) is 16.4. The van der Waals surface area contributed by atoms with Crippen LogP contribution in [0.2, 0.25) is 0 Å². The van der Waals surface area contributed by atoms with Crippen LogP contribution in [0.5, 0.6) is 0 Å². The molecule has 0 radical (unpaired) electrons. The fourth-order valence-electron chi connectivity index (χ4n) is 1.79. The first-order valence-electron chi connectivity index (χ1n) is 5.93. The second-order valence-corrected chi connectivity index (χ2v) is 6.51. The van der Waals surface area contributed by atoms with Crippen LogP contribution in [-0.2, 0) is 21.8 Å². The van der Waals surface area contributed by atoms with E-state index in [1.807, 2.05) is 0 Å². The molecule has 0 spiro atoms. The number of alkyl halides is 3. The minimum Gasteiger partial charge on any atom is -0.223 e. The molecule has 8 heteroatoms. The Morgan fingerprint density at radius 2 is 1.50 bits per heavy atom. The maximum absolute atomic E-state index is 13.5. The van der Waals surface area contributed by atoms with Crippen molar-refractivity contribution in [1.29, 1.82) is 0 Å². The molecule has 0 amide bonds. The van der Waals surface area contributed by atoms with Crippen molar-refractivity contribution in [3.05, 3.63) is 65.2 Å². The molecule has 22 heavy (non-hydrogen) atoms. The van der Waals surface area contributed by atoms with E-state index < -0.39 is 43.9 Å². The van der Waals surface area contributed by atoms with Gasteiger partial charge in [0.05, 0.1) is 16.2 Å². The summed E-state index contributed by atoms with van der Waals surface area (Å²) in [6.45, 7) is 0. The van der Waals surface area contributed by atoms with Gasteiger partial charge in [-0.1, -0.05) is 0 Å². The van der Waals surface area contributed by atoms with Crippen molar-refractivity contribution in [2.45, 2.75) is 16.8 Å². The molecule has 0 fully saturated rings. The van der Waals surface area contributed by atoms with E-state index in [0.29, 0.717) is 12.1 Å². The molecule has 0 heterocycles. The van der Waals surface area contributed by atoms with Crippen LogP contribution in [-0.4, -0.2) is 8.42 Å². The van der Waals surface area contributed by atoms with Crippen molar-refractivity contribution < 1.29 is 30.4 Å².